The van der Waals surface area contributed by atoms with Gasteiger partial charge < -0.3 is 10.2 Å². The monoisotopic (exact) mass is 278 g/mol. The summed E-state index contributed by atoms with van der Waals surface area (Å²) in [4.78, 5) is 2.55. The molecule has 2 nitrogen and oxygen atoms in total. The van der Waals surface area contributed by atoms with Gasteiger partial charge in [0.25, 0.3) is 0 Å². The highest BCUT2D eigenvalue weighted by Gasteiger charge is 2.21. The van der Waals surface area contributed by atoms with Crippen molar-refractivity contribution in [3.63, 3.8) is 0 Å². The number of nitrogens with zero attached hydrogens (tertiary/aromatic N) is 1. The van der Waals surface area contributed by atoms with E-state index in [-0.39, 0.29) is 0 Å². The van der Waals surface area contributed by atoms with Gasteiger partial charge in [-0.05, 0) is 61.1 Å². The van der Waals surface area contributed by atoms with Crippen molar-refractivity contribution in [1.29, 1.82) is 0 Å². The Balaban J connectivity index is 1.83. The summed E-state index contributed by atoms with van der Waals surface area (Å²) in [5.41, 5.74) is 7.34. The van der Waals surface area contributed by atoms with Crippen LogP contribution < -0.4 is 10.2 Å². The van der Waals surface area contributed by atoms with E-state index in [1.54, 1.807) is 0 Å². The molecule has 2 aliphatic heterocycles. The molecule has 0 spiro atoms. The smallest absolute Gasteiger partial charge is 0.0459 e. The van der Waals surface area contributed by atoms with E-state index in [0.29, 0.717) is 0 Å². The van der Waals surface area contributed by atoms with Crippen LogP contribution in [-0.4, -0.2) is 13.1 Å². The molecule has 0 fully saturated rings. The Labute approximate surface area is 126 Å². The lowest BCUT2D eigenvalue weighted by Crippen LogP contribution is -2.27. The maximum Gasteiger partial charge on any atom is 0.0459 e. The minimum Gasteiger partial charge on any atom is -0.341 e. The summed E-state index contributed by atoms with van der Waals surface area (Å²) in [5.74, 6) is 0. The largest absolute Gasteiger partial charge is 0.341 e. The zero-order valence-electron chi connectivity index (χ0n) is 12.4. The SMILES string of the molecule is c1ccc2c(c1)CCCCN2c1cccc2c1CNCC2. The lowest BCUT2D eigenvalue weighted by atomic mass is 9.98. The minimum absolute atomic E-state index is 1.00. The van der Waals surface area contributed by atoms with Gasteiger partial charge in [0.2, 0.25) is 0 Å². The fourth-order valence-corrected chi connectivity index (χ4v) is 3.69. The van der Waals surface area contributed by atoms with E-state index in [9.17, 15) is 0 Å². The van der Waals surface area contributed by atoms with Crippen LogP contribution in [0.2, 0.25) is 0 Å². The maximum atomic E-state index is 3.53. The fourth-order valence-electron chi connectivity index (χ4n) is 3.69. The van der Waals surface area contributed by atoms with Crippen molar-refractivity contribution in [2.24, 2.45) is 0 Å². The zero-order chi connectivity index (χ0) is 14.1. The molecule has 4 rings (SSSR count). The Kier molecular flexibility index (Phi) is 3.40. The Morgan fingerprint density at radius 3 is 2.67 bits per heavy atom. The molecule has 0 saturated carbocycles. The quantitative estimate of drug-likeness (QED) is 0.853. The van der Waals surface area contributed by atoms with Crippen molar-refractivity contribution in [1.82, 2.24) is 5.32 Å². The van der Waals surface area contributed by atoms with Gasteiger partial charge in [0, 0.05) is 24.5 Å². The summed E-state index contributed by atoms with van der Waals surface area (Å²) in [7, 11) is 0. The van der Waals surface area contributed by atoms with Gasteiger partial charge in [0.1, 0.15) is 0 Å². The lowest BCUT2D eigenvalue weighted by molar-refractivity contribution is 0.642. The van der Waals surface area contributed by atoms with E-state index >= 15 is 0 Å². The van der Waals surface area contributed by atoms with Crippen molar-refractivity contribution in [2.45, 2.75) is 32.2 Å². The predicted molar refractivity (Wildman–Crippen MR) is 88.2 cm³/mol. The van der Waals surface area contributed by atoms with Crippen LogP contribution in [0.1, 0.15) is 29.5 Å². The second-order valence-electron chi connectivity index (χ2n) is 6.08. The van der Waals surface area contributed by atoms with Crippen LogP contribution in [-0.2, 0) is 19.4 Å². The Morgan fingerprint density at radius 1 is 0.810 bits per heavy atom. The number of rotatable bonds is 1. The van der Waals surface area contributed by atoms with Crippen molar-refractivity contribution in [3.05, 3.63) is 59.2 Å². The summed E-state index contributed by atoms with van der Waals surface area (Å²) in [6, 6.07) is 15.7. The van der Waals surface area contributed by atoms with Crippen molar-refractivity contribution >= 4 is 11.4 Å². The van der Waals surface area contributed by atoms with E-state index in [1.807, 2.05) is 0 Å². The van der Waals surface area contributed by atoms with Crippen LogP contribution >= 0.6 is 0 Å². The predicted octanol–water partition coefficient (Wildman–Crippen LogP) is 3.81. The standard InChI is InChI=1S/C19H22N2/c1-2-9-18-16(6-1)7-3-4-13-21(18)19-10-5-8-15-11-12-20-14-17(15)19/h1-2,5-6,8-10,20H,3-4,7,11-14H2. The van der Waals surface area contributed by atoms with Crippen LogP contribution in [0.4, 0.5) is 11.4 Å². The van der Waals surface area contributed by atoms with Gasteiger partial charge in [-0.2, -0.15) is 0 Å². The molecule has 2 heteroatoms. The molecule has 21 heavy (non-hydrogen) atoms. The second-order valence-corrected chi connectivity index (χ2v) is 6.08. The number of nitrogens with one attached hydrogen (secondary N) is 1. The van der Waals surface area contributed by atoms with Gasteiger partial charge >= 0.3 is 0 Å². The summed E-state index contributed by atoms with van der Waals surface area (Å²) < 4.78 is 0. The number of para-hydroxylation sites is 1. The third-order valence-corrected chi connectivity index (χ3v) is 4.77. The highest BCUT2D eigenvalue weighted by molar-refractivity contribution is 5.71. The van der Waals surface area contributed by atoms with Gasteiger partial charge in [-0.1, -0.05) is 30.3 Å². The van der Waals surface area contributed by atoms with E-state index < -0.39 is 0 Å². The Morgan fingerprint density at radius 2 is 1.67 bits per heavy atom. The van der Waals surface area contributed by atoms with Crippen LogP contribution in [0.5, 0.6) is 0 Å². The number of benzene rings is 2. The fraction of sp³-hybridized carbons (Fsp3) is 0.368. The molecule has 0 aliphatic carbocycles. The second kappa shape index (κ2) is 5.53. The first-order valence-electron chi connectivity index (χ1n) is 8.10. The lowest BCUT2D eigenvalue weighted by Gasteiger charge is -2.30. The highest BCUT2D eigenvalue weighted by atomic mass is 15.1. The van der Waals surface area contributed by atoms with Crippen LogP contribution in [0, 0.1) is 0 Å². The number of hydrogen-bond donors (Lipinski definition) is 1. The molecule has 0 bridgehead atoms. The molecule has 2 aromatic carbocycles. The van der Waals surface area contributed by atoms with E-state index in [0.717, 1.165) is 26.1 Å². The first-order chi connectivity index (χ1) is 10.4. The van der Waals surface area contributed by atoms with E-state index in [4.69, 9.17) is 0 Å². The summed E-state index contributed by atoms with van der Waals surface area (Å²) in [6.45, 7) is 3.24. The van der Waals surface area contributed by atoms with Gasteiger partial charge in [-0.15, -0.1) is 0 Å². The maximum absolute atomic E-state index is 3.53. The molecule has 2 aliphatic rings. The average Bonchev–Trinajstić information content (AvgIpc) is 2.77. The van der Waals surface area contributed by atoms with Crippen LogP contribution in [0.15, 0.2) is 42.5 Å². The molecule has 0 unspecified atom stereocenters. The highest BCUT2D eigenvalue weighted by Crippen LogP contribution is 2.36. The number of aryl methyl sites for hydroxylation is 1. The minimum atomic E-state index is 1.00. The third kappa shape index (κ3) is 2.34. The summed E-state index contributed by atoms with van der Waals surface area (Å²) >= 11 is 0. The third-order valence-electron chi connectivity index (χ3n) is 4.77. The van der Waals surface area contributed by atoms with Crippen LogP contribution in [0.25, 0.3) is 0 Å². The van der Waals surface area contributed by atoms with Gasteiger partial charge in [-0.25, -0.2) is 0 Å². The molecular formula is C19H22N2. The molecule has 0 aromatic heterocycles. The molecule has 2 heterocycles. The van der Waals surface area contributed by atoms with Gasteiger partial charge in [0.05, 0.1) is 0 Å². The number of anilines is 2. The molecule has 0 atom stereocenters. The van der Waals surface area contributed by atoms with Gasteiger partial charge in [-0.3, -0.25) is 0 Å². The van der Waals surface area contributed by atoms with Gasteiger partial charge in [0.15, 0.2) is 0 Å². The molecule has 0 amide bonds. The first-order valence-corrected chi connectivity index (χ1v) is 8.10. The molecule has 108 valence electrons. The number of hydrogen-bond acceptors (Lipinski definition) is 2. The van der Waals surface area contributed by atoms with E-state index in [2.05, 4.69) is 52.7 Å². The molecule has 1 N–H and O–H groups in total. The molecular weight excluding hydrogens is 256 g/mol. The van der Waals surface area contributed by atoms with Crippen molar-refractivity contribution in [3.8, 4) is 0 Å². The Bertz CT molecular complexity index is 648. The zero-order valence-corrected chi connectivity index (χ0v) is 12.4. The molecule has 2 aromatic rings. The molecule has 0 radical (unpaired) electrons. The van der Waals surface area contributed by atoms with Crippen molar-refractivity contribution in [2.75, 3.05) is 18.0 Å². The first kappa shape index (κ1) is 12.9. The Hall–Kier alpha value is -1.80. The van der Waals surface area contributed by atoms with Crippen molar-refractivity contribution < 1.29 is 0 Å². The van der Waals surface area contributed by atoms with Crippen LogP contribution in [0.3, 0.4) is 0 Å². The summed E-state index contributed by atoms with van der Waals surface area (Å²) in [6.07, 6.45) is 4.92. The number of fused-ring (bicyclic) bond motifs is 2. The molecule has 0 saturated heterocycles. The normalized spacial score (nSPS) is 17.8. The summed E-state index contributed by atoms with van der Waals surface area (Å²) in [5, 5.41) is 3.53. The topological polar surface area (TPSA) is 15.3 Å². The van der Waals surface area contributed by atoms with E-state index in [1.165, 1.54) is 47.3 Å². The average molecular weight is 278 g/mol.